The molecular formula is C16H19N3. The van der Waals surface area contributed by atoms with Crippen molar-refractivity contribution in [3.8, 4) is 0 Å². The highest BCUT2D eigenvalue weighted by atomic mass is 14.8. The molecule has 1 heterocycles. The molecule has 0 radical (unpaired) electrons. The van der Waals surface area contributed by atoms with Gasteiger partial charge in [0.1, 0.15) is 6.33 Å². The molecule has 2 unspecified atom stereocenters. The molecule has 2 aromatic rings. The summed E-state index contributed by atoms with van der Waals surface area (Å²) in [5.41, 5.74) is 10.3. The van der Waals surface area contributed by atoms with E-state index in [2.05, 4.69) is 34.2 Å². The van der Waals surface area contributed by atoms with E-state index in [1.807, 2.05) is 12.4 Å². The summed E-state index contributed by atoms with van der Waals surface area (Å²) in [5.74, 6) is 0.570. The van der Waals surface area contributed by atoms with Crippen molar-refractivity contribution in [1.29, 1.82) is 0 Å². The van der Waals surface area contributed by atoms with Crippen molar-refractivity contribution < 1.29 is 0 Å². The third kappa shape index (κ3) is 2.66. The molecule has 0 fully saturated rings. The maximum atomic E-state index is 6.30. The average molecular weight is 253 g/mol. The molecule has 0 saturated heterocycles. The maximum Gasteiger partial charge on any atom is 0.115 e. The smallest absolute Gasteiger partial charge is 0.115 e. The molecule has 0 saturated carbocycles. The Morgan fingerprint density at radius 3 is 2.84 bits per heavy atom. The molecule has 98 valence electrons. The predicted octanol–water partition coefficient (Wildman–Crippen LogP) is 2.99. The second kappa shape index (κ2) is 5.49. The Balaban J connectivity index is 1.78. The highest BCUT2D eigenvalue weighted by Crippen LogP contribution is 2.36. The van der Waals surface area contributed by atoms with Crippen LogP contribution in [0.1, 0.15) is 47.9 Å². The first-order chi connectivity index (χ1) is 9.34. The molecule has 1 aliphatic rings. The molecule has 19 heavy (non-hydrogen) atoms. The Morgan fingerprint density at radius 1 is 1.21 bits per heavy atom. The second-order valence-electron chi connectivity index (χ2n) is 5.30. The van der Waals surface area contributed by atoms with E-state index in [0.29, 0.717) is 5.92 Å². The van der Waals surface area contributed by atoms with Crippen molar-refractivity contribution in [3.63, 3.8) is 0 Å². The van der Waals surface area contributed by atoms with E-state index < -0.39 is 0 Å². The van der Waals surface area contributed by atoms with E-state index in [-0.39, 0.29) is 6.04 Å². The summed E-state index contributed by atoms with van der Waals surface area (Å²) in [7, 11) is 0. The zero-order chi connectivity index (χ0) is 13.1. The van der Waals surface area contributed by atoms with Gasteiger partial charge in [-0.2, -0.15) is 0 Å². The van der Waals surface area contributed by atoms with E-state index >= 15 is 0 Å². The Kier molecular flexibility index (Phi) is 3.56. The molecule has 3 rings (SSSR count). The van der Waals surface area contributed by atoms with E-state index in [1.165, 1.54) is 30.4 Å². The van der Waals surface area contributed by atoms with Crippen molar-refractivity contribution in [2.45, 2.75) is 37.6 Å². The summed E-state index contributed by atoms with van der Waals surface area (Å²) in [6.07, 6.45) is 9.88. The first kappa shape index (κ1) is 12.3. The zero-order valence-electron chi connectivity index (χ0n) is 11.0. The minimum atomic E-state index is 0.0253. The number of hydrogen-bond donors (Lipinski definition) is 1. The third-order valence-electron chi connectivity index (χ3n) is 4.04. The minimum Gasteiger partial charge on any atom is -0.324 e. The van der Waals surface area contributed by atoms with Crippen LogP contribution < -0.4 is 5.73 Å². The van der Waals surface area contributed by atoms with Crippen LogP contribution in [-0.4, -0.2) is 9.97 Å². The summed E-state index contributed by atoms with van der Waals surface area (Å²) in [6.45, 7) is 0. The average Bonchev–Trinajstić information content (AvgIpc) is 2.48. The van der Waals surface area contributed by atoms with Crippen LogP contribution in [0.3, 0.4) is 0 Å². The second-order valence-corrected chi connectivity index (χ2v) is 5.30. The quantitative estimate of drug-likeness (QED) is 0.915. The topological polar surface area (TPSA) is 51.8 Å². The van der Waals surface area contributed by atoms with Gasteiger partial charge in [0.05, 0.1) is 0 Å². The lowest BCUT2D eigenvalue weighted by molar-refractivity contribution is 0.475. The van der Waals surface area contributed by atoms with Gasteiger partial charge in [0, 0.05) is 24.0 Å². The fourth-order valence-corrected chi connectivity index (χ4v) is 3.04. The van der Waals surface area contributed by atoms with Crippen LogP contribution in [0.25, 0.3) is 0 Å². The van der Waals surface area contributed by atoms with E-state index in [4.69, 9.17) is 5.73 Å². The van der Waals surface area contributed by atoms with Gasteiger partial charge < -0.3 is 5.73 Å². The molecule has 3 nitrogen and oxygen atoms in total. The largest absolute Gasteiger partial charge is 0.324 e. The van der Waals surface area contributed by atoms with Gasteiger partial charge >= 0.3 is 0 Å². The molecule has 3 heteroatoms. The lowest BCUT2D eigenvalue weighted by Gasteiger charge is -2.27. The van der Waals surface area contributed by atoms with Crippen molar-refractivity contribution in [2.24, 2.45) is 5.73 Å². The third-order valence-corrected chi connectivity index (χ3v) is 4.04. The molecule has 0 amide bonds. The van der Waals surface area contributed by atoms with Crippen molar-refractivity contribution in [3.05, 3.63) is 59.7 Å². The van der Waals surface area contributed by atoms with E-state index in [9.17, 15) is 0 Å². The summed E-state index contributed by atoms with van der Waals surface area (Å²) in [4.78, 5) is 8.10. The van der Waals surface area contributed by atoms with Crippen LogP contribution in [0, 0.1) is 0 Å². The van der Waals surface area contributed by atoms with E-state index in [1.54, 1.807) is 6.33 Å². The first-order valence-corrected chi connectivity index (χ1v) is 6.93. The SMILES string of the molecule is NC(CC1CCCc2ccccc21)c1cncnc1. The van der Waals surface area contributed by atoms with Crippen molar-refractivity contribution in [1.82, 2.24) is 9.97 Å². The Morgan fingerprint density at radius 2 is 2.00 bits per heavy atom. The molecule has 1 aromatic carbocycles. The van der Waals surface area contributed by atoms with Crippen molar-refractivity contribution >= 4 is 0 Å². The molecule has 2 atom stereocenters. The number of nitrogens with zero attached hydrogens (tertiary/aromatic N) is 2. The molecule has 0 bridgehead atoms. The van der Waals surface area contributed by atoms with Crippen LogP contribution in [0.4, 0.5) is 0 Å². The van der Waals surface area contributed by atoms with Gasteiger partial charge in [-0.25, -0.2) is 9.97 Å². The Bertz CT molecular complexity index is 539. The van der Waals surface area contributed by atoms with Crippen LogP contribution in [0.15, 0.2) is 43.0 Å². The van der Waals surface area contributed by atoms with Crippen LogP contribution in [0.2, 0.25) is 0 Å². The normalized spacial score (nSPS) is 19.7. The lowest BCUT2D eigenvalue weighted by Crippen LogP contribution is -2.18. The Hall–Kier alpha value is -1.74. The van der Waals surface area contributed by atoms with Gasteiger partial charge in [0.25, 0.3) is 0 Å². The van der Waals surface area contributed by atoms with Gasteiger partial charge in [-0.15, -0.1) is 0 Å². The molecule has 2 N–H and O–H groups in total. The number of hydrogen-bond acceptors (Lipinski definition) is 3. The number of aromatic nitrogens is 2. The summed E-state index contributed by atoms with van der Waals surface area (Å²) < 4.78 is 0. The van der Waals surface area contributed by atoms with Gasteiger partial charge in [-0.3, -0.25) is 0 Å². The number of rotatable bonds is 3. The predicted molar refractivity (Wildman–Crippen MR) is 75.7 cm³/mol. The number of nitrogens with two attached hydrogens (primary N) is 1. The van der Waals surface area contributed by atoms with Crippen LogP contribution in [-0.2, 0) is 6.42 Å². The first-order valence-electron chi connectivity index (χ1n) is 6.93. The maximum absolute atomic E-state index is 6.30. The Labute approximate surface area is 113 Å². The number of fused-ring (bicyclic) bond motifs is 1. The lowest BCUT2D eigenvalue weighted by atomic mass is 9.79. The van der Waals surface area contributed by atoms with Crippen LogP contribution in [0.5, 0.6) is 0 Å². The zero-order valence-corrected chi connectivity index (χ0v) is 11.0. The molecule has 0 spiro atoms. The van der Waals surface area contributed by atoms with Crippen molar-refractivity contribution in [2.75, 3.05) is 0 Å². The fourth-order valence-electron chi connectivity index (χ4n) is 3.04. The standard InChI is InChI=1S/C16H19N3/c17-16(14-9-18-11-19-10-14)8-13-6-3-5-12-4-1-2-7-15(12)13/h1-2,4,7,9-11,13,16H,3,5-6,8,17H2. The fraction of sp³-hybridized carbons (Fsp3) is 0.375. The molecule has 1 aromatic heterocycles. The van der Waals surface area contributed by atoms with E-state index in [0.717, 1.165) is 12.0 Å². The minimum absolute atomic E-state index is 0.0253. The highest BCUT2D eigenvalue weighted by Gasteiger charge is 2.22. The monoisotopic (exact) mass is 253 g/mol. The summed E-state index contributed by atoms with van der Waals surface area (Å²) in [5, 5.41) is 0. The highest BCUT2D eigenvalue weighted by molar-refractivity contribution is 5.33. The van der Waals surface area contributed by atoms with Gasteiger partial charge in [0.15, 0.2) is 0 Å². The summed E-state index contributed by atoms with van der Waals surface area (Å²) in [6, 6.07) is 8.80. The molecular weight excluding hydrogens is 234 g/mol. The van der Waals surface area contributed by atoms with Gasteiger partial charge in [0.2, 0.25) is 0 Å². The molecule has 1 aliphatic carbocycles. The van der Waals surface area contributed by atoms with Crippen LogP contribution >= 0.6 is 0 Å². The number of aryl methyl sites for hydroxylation is 1. The molecule has 0 aliphatic heterocycles. The van der Waals surface area contributed by atoms with Gasteiger partial charge in [-0.05, 0) is 42.7 Å². The summed E-state index contributed by atoms with van der Waals surface area (Å²) >= 11 is 0. The van der Waals surface area contributed by atoms with Gasteiger partial charge in [-0.1, -0.05) is 24.3 Å². The number of benzene rings is 1.